The van der Waals surface area contributed by atoms with E-state index in [9.17, 15) is 4.79 Å². The summed E-state index contributed by atoms with van der Waals surface area (Å²) in [6.07, 6.45) is 3.42. The fraction of sp³-hybridized carbons (Fsp3) is 0.0909. The van der Waals surface area contributed by atoms with E-state index in [0.717, 1.165) is 5.82 Å². The molecule has 0 aliphatic rings. The number of amides is 1. The van der Waals surface area contributed by atoms with Crippen molar-refractivity contribution < 1.29 is 4.79 Å². The van der Waals surface area contributed by atoms with E-state index in [-0.39, 0.29) is 0 Å². The highest BCUT2D eigenvalue weighted by Gasteiger charge is 2.11. The Balaban J connectivity index is 2.67. The van der Waals surface area contributed by atoms with E-state index in [4.69, 9.17) is 11.5 Å². The number of aromatic nitrogens is 2. The van der Waals surface area contributed by atoms with Gasteiger partial charge in [-0.05, 0) is 25.1 Å². The number of hydrogen-bond donors (Lipinski definition) is 2. The van der Waals surface area contributed by atoms with Gasteiger partial charge in [0.15, 0.2) is 0 Å². The number of carbonyl (C=O) groups is 1. The molecule has 0 saturated heterocycles. The Morgan fingerprint density at radius 3 is 2.75 bits per heavy atom. The van der Waals surface area contributed by atoms with Crippen LogP contribution in [0.1, 0.15) is 16.2 Å². The number of benzene rings is 1. The number of anilines is 1. The first kappa shape index (κ1) is 10.2. The summed E-state index contributed by atoms with van der Waals surface area (Å²) in [5.41, 5.74) is 12.7. The molecule has 0 aliphatic heterocycles. The zero-order valence-corrected chi connectivity index (χ0v) is 8.84. The summed E-state index contributed by atoms with van der Waals surface area (Å²) in [6, 6.07) is 4.97. The van der Waals surface area contributed by atoms with E-state index in [2.05, 4.69) is 4.98 Å². The molecule has 2 aromatic rings. The molecule has 4 N–H and O–H groups in total. The van der Waals surface area contributed by atoms with Crippen LogP contribution in [0.2, 0.25) is 0 Å². The van der Waals surface area contributed by atoms with Crippen LogP contribution in [0.5, 0.6) is 0 Å². The number of nitrogens with two attached hydrogens (primary N) is 2. The first-order valence-corrected chi connectivity index (χ1v) is 4.79. The van der Waals surface area contributed by atoms with Gasteiger partial charge in [-0.3, -0.25) is 4.79 Å². The number of imidazole rings is 1. The van der Waals surface area contributed by atoms with Crippen molar-refractivity contribution in [3.8, 4) is 5.69 Å². The van der Waals surface area contributed by atoms with E-state index < -0.39 is 5.91 Å². The number of primary amides is 1. The van der Waals surface area contributed by atoms with Gasteiger partial charge in [0.1, 0.15) is 5.82 Å². The summed E-state index contributed by atoms with van der Waals surface area (Å²) >= 11 is 0. The number of hydrogen-bond acceptors (Lipinski definition) is 3. The normalized spacial score (nSPS) is 10.3. The first-order valence-electron chi connectivity index (χ1n) is 4.79. The van der Waals surface area contributed by atoms with Crippen LogP contribution in [0.15, 0.2) is 30.6 Å². The number of aryl methyl sites for hydroxylation is 1. The molecule has 0 aliphatic carbocycles. The smallest absolute Gasteiger partial charge is 0.250 e. The van der Waals surface area contributed by atoms with Crippen LogP contribution in [0.3, 0.4) is 0 Å². The molecule has 16 heavy (non-hydrogen) atoms. The van der Waals surface area contributed by atoms with E-state index in [1.807, 2.05) is 6.92 Å². The van der Waals surface area contributed by atoms with E-state index in [0.29, 0.717) is 16.9 Å². The molecule has 82 valence electrons. The van der Waals surface area contributed by atoms with Gasteiger partial charge in [0.05, 0.1) is 11.3 Å². The van der Waals surface area contributed by atoms with Crippen LogP contribution in [0, 0.1) is 6.92 Å². The Labute approximate surface area is 92.7 Å². The third kappa shape index (κ3) is 1.63. The van der Waals surface area contributed by atoms with E-state index >= 15 is 0 Å². The molecule has 1 aromatic carbocycles. The Bertz CT molecular complexity index is 545. The second-order valence-corrected chi connectivity index (χ2v) is 3.49. The summed E-state index contributed by atoms with van der Waals surface area (Å²) in [4.78, 5) is 15.4. The molecule has 2 rings (SSSR count). The lowest BCUT2D eigenvalue weighted by molar-refractivity contribution is 0.100. The van der Waals surface area contributed by atoms with Gasteiger partial charge >= 0.3 is 0 Å². The summed E-state index contributed by atoms with van der Waals surface area (Å²) in [5.74, 6) is 0.288. The van der Waals surface area contributed by atoms with Crippen molar-refractivity contribution in [1.82, 2.24) is 9.55 Å². The van der Waals surface area contributed by atoms with Gasteiger partial charge in [-0.1, -0.05) is 0 Å². The maximum absolute atomic E-state index is 11.3. The van der Waals surface area contributed by atoms with E-state index in [1.54, 1.807) is 35.2 Å². The minimum absolute atomic E-state index is 0.426. The summed E-state index contributed by atoms with van der Waals surface area (Å²) in [5, 5.41) is 0. The Morgan fingerprint density at radius 2 is 2.19 bits per heavy atom. The van der Waals surface area contributed by atoms with Gasteiger partial charge in [-0.2, -0.15) is 0 Å². The quantitative estimate of drug-likeness (QED) is 0.730. The average Bonchev–Trinajstić information content (AvgIpc) is 2.63. The van der Waals surface area contributed by atoms with Crippen LogP contribution >= 0.6 is 0 Å². The lowest BCUT2D eigenvalue weighted by Gasteiger charge is -2.10. The minimum Gasteiger partial charge on any atom is -0.399 e. The molecule has 0 unspecified atom stereocenters. The molecule has 5 heteroatoms. The largest absolute Gasteiger partial charge is 0.399 e. The van der Waals surface area contributed by atoms with Crippen molar-refractivity contribution in [3.05, 3.63) is 42.0 Å². The predicted octanol–water partition coefficient (Wildman–Crippen LogP) is 0.862. The maximum atomic E-state index is 11.3. The van der Waals surface area contributed by atoms with Crippen LogP contribution < -0.4 is 11.5 Å². The van der Waals surface area contributed by atoms with Crippen molar-refractivity contribution in [1.29, 1.82) is 0 Å². The zero-order valence-electron chi connectivity index (χ0n) is 8.84. The molecule has 0 radical (unpaired) electrons. The molecule has 0 saturated carbocycles. The summed E-state index contributed by atoms with van der Waals surface area (Å²) in [7, 11) is 0. The second kappa shape index (κ2) is 3.69. The molecule has 1 aromatic heterocycles. The standard InChI is InChI=1S/C11H12N4O/c1-7-14-4-5-15(7)10-6-8(12)2-3-9(10)11(13)16/h2-6H,12H2,1H3,(H2,13,16). The average molecular weight is 216 g/mol. The van der Waals surface area contributed by atoms with Crippen molar-refractivity contribution >= 4 is 11.6 Å². The highest BCUT2D eigenvalue weighted by molar-refractivity contribution is 5.97. The third-order valence-electron chi connectivity index (χ3n) is 2.37. The third-order valence-corrected chi connectivity index (χ3v) is 2.37. The molecule has 0 spiro atoms. The number of carbonyl (C=O) groups excluding carboxylic acids is 1. The molecular formula is C11H12N4O. The van der Waals surface area contributed by atoms with Crippen molar-refractivity contribution in [2.75, 3.05) is 5.73 Å². The van der Waals surface area contributed by atoms with Gasteiger partial charge in [0.25, 0.3) is 5.91 Å². The molecule has 0 atom stereocenters. The fourth-order valence-electron chi connectivity index (χ4n) is 1.59. The molecular weight excluding hydrogens is 204 g/mol. The van der Waals surface area contributed by atoms with Crippen molar-refractivity contribution in [3.63, 3.8) is 0 Å². The van der Waals surface area contributed by atoms with Crippen LogP contribution in [-0.4, -0.2) is 15.5 Å². The summed E-state index contributed by atoms with van der Waals surface area (Å²) in [6.45, 7) is 1.84. The number of rotatable bonds is 2. The second-order valence-electron chi connectivity index (χ2n) is 3.49. The van der Waals surface area contributed by atoms with Gasteiger partial charge in [-0.15, -0.1) is 0 Å². The zero-order chi connectivity index (χ0) is 11.7. The van der Waals surface area contributed by atoms with Crippen LogP contribution in [-0.2, 0) is 0 Å². The summed E-state index contributed by atoms with van der Waals surface area (Å²) < 4.78 is 1.77. The van der Waals surface area contributed by atoms with Gasteiger partial charge in [-0.25, -0.2) is 4.98 Å². The monoisotopic (exact) mass is 216 g/mol. The van der Waals surface area contributed by atoms with Gasteiger partial charge in [0, 0.05) is 18.1 Å². The lowest BCUT2D eigenvalue weighted by atomic mass is 10.1. The molecule has 0 fully saturated rings. The number of nitrogens with zero attached hydrogens (tertiary/aromatic N) is 2. The molecule has 0 bridgehead atoms. The Kier molecular flexibility index (Phi) is 2.36. The van der Waals surface area contributed by atoms with E-state index in [1.165, 1.54) is 0 Å². The SMILES string of the molecule is Cc1nccn1-c1cc(N)ccc1C(N)=O. The lowest BCUT2D eigenvalue weighted by Crippen LogP contribution is -2.15. The van der Waals surface area contributed by atoms with Gasteiger partial charge in [0.2, 0.25) is 0 Å². The first-order chi connectivity index (χ1) is 7.59. The highest BCUT2D eigenvalue weighted by atomic mass is 16.1. The maximum Gasteiger partial charge on any atom is 0.250 e. The molecule has 1 heterocycles. The fourth-order valence-corrected chi connectivity index (χ4v) is 1.59. The van der Waals surface area contributed by atoms with Crippen LogP contribution in [0.25, 0.3) is 5.69 Å². The van der Waals surface area contributed by atoms with Gasteiger partial charge < -0.3 is 16.0 Å². The minimum atomic E-state index is -0.483. The molecule has 1 amide bonds. The van der Waals surface area contributed by atoms with Crippen molar-refractivity contribution in [2.24, 2.45) is 5.73 Å². The number of nitrogen functional groups attached to an aromatic ring is 1. The Morgan fingerprint density at radius 1 is 1.44 bits per heavy atom. The van der Waals surface area contributed by atoms with Crippen LogP contribution in [0.4, 0.5) is 5.69 Å². The predicted molar refractivity (Wildman–Crippen MR) is 61.2 cm³/mol. The molecule has 5 nitrogen and oxygen atoms in total. The van der Waals surface area contributed by atoms with Crippen molar-refractivity contribution in [2.45, 2.75) is 6.92 Å². The Hall–Kier alpha value is -2.30. The highest BCUT2D eigenvalue weighted by Crippen LogP contribution is 2.19. The topological polar surface area (TPSA) is 86.9 Å².